The van der Waals surface area contributed by atoms with E-state index >= 15 is 0 Å². The standard InChI is InChI=1S/C26H33N5O2S/c1-16(2)30-25(32)23-21(18-6-4-3-5-7-18)22-24(28-15-29-26(22)34-23)31-19-8-9-20(31)13-17(12-19)14-33-11-10-27/h3-7,15-17,19-20H,8-14,27H2,1-2H3,(H,30,32). The summed E-state index contributed by atoms with van der Waals surface area (Å²) in [5.74, 6) is 1.47. The number of nitrogens with two attached hydrogens (primary N) is 1. The second-order valence-corrected chi connectivity index (χ2v) is 10.7. The van der Waals surface area contributed by atoms with Gasteiger partial charge in [0.2, 0.25) is 0 Å². The van der Waals surface area contributed by atoms with Crippen molar-refractivity contribution in [3.8, 4) is 11.1 Å². The number of aromatic nitrogens is 2. The molecule has 5 rings (SSSR count). The number of benzene rings is 1. The maximum absolute atomic E-state index is 13.2. The van der Waals surface area contributed by atoms with Crippen molar-refractivity contribution < 1.29 is 9.53 Å². The van der Waals surface area contributed by atoms with E-state index in [4.69, 9.17) is 15.5 Å². The molecule has 2 atom stereocenters. The van der Waals surface area contributed by atoms with Gasteiger partial charge in [0.25, 0.3) is 5.91 Å². The van der Waals surface area contributed by atoms with E-state index in [1.165, 1.54) is 11.3 Å². The van der Waals surface area contributed by atoms with Crippen molar-refractivity contribution in [1.82, 2.24) is 15.3 Å². The Morgan fingerprint density at radius 3 is 2.62 bits per heavy atom. The smallest absolute Gasteiger partial charge is 0.262 e. The number of piperidine rings is 1. The fourth-order valence-electron chi connectivity index (χ4n) is 5.59. The number of fused-ring (bicyclic) bond motifs is 3. The van der Waals surface area contributed by atoms with E-state index in [-0.39, 0.29) is 11.9 Å². The second kappa shape index (κ2) is 9.98. The Balaban J connectivity index is 1.57. The molecule has 180 valence electrons. The minimum Gasteiger partial charge on any atom is -0.380 e. The molecule has 8 heteroatoms. The van der Waals surface area contributed by atoms with Gasteiger partial charge in [-0.2, -0.15) is 0 Å². The molecule has 4 heterocycles. The summed E-state index contributed by atoms with van der Waals surface area (Å²) in [5, 5.41) is 4.08. The van der Waals surface area contributed by atoms with E-state index in [1.807, 2.05) is 32.0 Å². The van der Waals surface area contributed by atoms with Gasteiger partial charge in [-0.3, -0.25) is 4.79 Å². The van der Waals surface area contributed by atoms with Crippen LogP contribution >= 0.6 is 11.3 Å². The Kier molecular flexibility index (Phi) is 6.81. The molecule has 2 aromatic heterocycles. The number of hydrogen-bond acceptors (Lipinski definition) is 7. The maximum atomic E-state index is 13.2. The van der Waals surface area contributed by atoms with Gasteiger partial charge in [-0.1, -0.05) is 30.3 Å². The van der Waals surface area contributed by atoms with Gasteiger partial charge in [-0.05, 0) is 51.0 Å². The molecule has 0 spiro atoms. The lowest BCUT2D eigenvalue weighted by Gasteiger charge is -2.40. The molecule has 2 unspecified atom stereocenters. The minimum absolute atomic E-state index is 0.0541. The summed E-state index contributed by atoms with van der Waals surface area (Å²) in [7, 11) is 0. The average molecular weight is 480 g/mol. The van der Waals surface area contributed by atoms with Gasteiger partial charge in [0.15, 0.2) is 0 Å². The highest BCUT2D eigenvalue weighted by Gasteiger charge is 2.42. The highest BCUT2D eigenvalue weighted by atomic mass is 32.1. The first kappa shape index (κ1) is 23.2. The van der Waals surface area contributed by atoms with Crippen molar-refractivity contribution >= 4 is 33.3 Å². The Labute approximate surface area is 204 Å². The molecular formula is C26H33N5O2S. The summed E-state index contributed by atoms with van der Waals surface area (Å²) in [6.07, 6.45) is 6.17. The van der Waals surface area contributed by atoms with Crippen LogP contribution in [0.5, 0.6) is 0 Å². The summed E-state index contributed by atoms with van der Waals surface area (Å²) < 4.78 is 5.78. The minimum atomic E-state index is -0.0541. The molecule has 3 aromatic rings. The zero-order valence-electron chi connectivity index (χ0n) is 19.9. The van der Waals surface area contributed by atoms with E-state index in [9.17, 15) is 4.79 Å². The summed E-state index contributed by atoms with van der Waals surface area (Å²) in [5.41, 5.74) is 7.57. The normalized spacial score (nSPS) is 22.0. The van der Waals surface area contributed by atoms with Gasteiger partial charge in [0.05, 0.1) is 12.0 Å². The molecule has 7 nitrogen and oxygen atoms in total. The van der Waals surface area contributed by atoms with Crippen LogP contribution in [0.4, 0.5) is 5.82 Å². The number of nitrogens with zero attached hydrogens (tertiary/aromatic N) is 3. The van der Waals surface area contributed by atoms with Crippen molar-refractivity contribution in [2.24, 2.45) is 11.7 Å². The third kappa shape index (κ3) is 4.42. The van der Waals surface area contributed by atoms with Crippen molar-refractivity contribution in [3.05, 3.63) is 41.5 Å². The largest absolute Gasteiger partial charge is 0.380 e. The third-order valence-corrected chi connectivity index (χ3v) is 7.94. The quantitative estimate of drug-likeness (QED) is 0.470. The number of ether oxygens (including phenoxy) is 1. The molecule has 34 heavy (non-hydrogen) atoms. The highest BCUT2D eigenvalue weighted by Crippen LogP contribution is 2.47. The third-order valence-electron chi connectivity index (χ3n) is 6.85. The lowest BCUT2D eigenvalue weighted by molar-refractivity contribution is 0.0892. The highest BCUT2D eigenvalue weighted by molar-refractivity contribution is 7.21. The van der Waals surface area contributed by atoms with Crippen molar-refractivity contribution in [2.45, 2.75) is 57.7 Å². The molecule has 2 fully saturated rings. The fourth-order valence-corrected chi connectivity index (χ4v) is 6.65. The van der Waals surface area contributed by atoms with Crippen LogP contribution in [0.15, 0.2) is 36.7 Å². The fraction of sp³-hybridized carbons (Fsp3) is 0.500. The first-order valence-corrected chi connectivity index (χ1v) is 13.1. The van der Waals surface area contributed by atoms with E-state index in [0.29, 0.717) is 36.0 Å². The van der Waals surface area contributed by atoms with Crippen LogP contribution < -0.4 is 16.0 Å². The molecule has 2 bridgehead atoms. The van der Waals surface area contributed by atoms with E-state index in [2.05, 4.69) is 27.3 Å². The molecule has 1 amide bonds. The number of rotatable bonds is 8. The number of thiophene rings is 1. The second-order valence-electron chi connectivity index (χ2n) is 9.67. The topological polar surface area (TPSA) is 93.4 Å². The van der Waals surface area contributed by atoms with Crippen LogP contribution in [0, 0.1) is 5.92 Å². The van der Waals surface area contributed by atoms with Gasteiger partial charge in [-0.15, -0.1) is 11.3 Å². The molecule has 2 aliphatic heterocycles. The van der Waals surface area contributed by atoms with Crippen LogP contribution in [0.25, 0.3) is 21.3 Å². The molecule has 0 radical (unpaired) electrons. The number of nitrogens with one attached hydrogen (secondary N) is 1. The average Bonchev–Trinajstić information content (AvgIpc) is 3.34. The number of carbonyl (C=O) groups is 1. The number of amides is 1. The van der Waals surface area contributed by atoms with Gasteiger partial charge >= 0.3 is 0 Å². The van der Waals surface area contributed by atoms with Crippen molar-refractivity contribution in [1.29, 1.82) is 0 Å². The number of carbonyl (C=O) groups excluding carboxylic acids is 1. The Morgan fingerprint density at radius 2 is 1.94 bits per heavy atom. The lowest BCUT2D eigenvalue weighted by atomic mass is 9.91. The van der Waals surface area contributed by atoms with Crippen LogP contribution in [0.1, 0.15) is 49.2 Å². The van der Waals surface area contributed by atoms with Gasteiger partial charge < -0.3 is 20.7 Å². The lowest BCUT2D eigenvalue weighted by Crippen LogP contribution is -2.44. The zero-order chi connectivity index (χ0) is 23.7. The molecule has 2 saturated heterocycles. The monoisotopic (exact) mass is 479 g/mol. The van der Waals surface area contributed by atoms with Crippen LogP contribution in [0.2, 0.25) is 0 Å². The molecule has 0 aliphatic carbocycles. The van der Waals surface area contributed by atoms with Crippen LogP contribution in [-0.2, 0) is 4.74 Å². The SMILES string of the molecule is CC(C)NC(=O)c1sc2ncnc(N3C4CCC3CC(COCCN)C4)c2c1-c1ccccc1. The predicted octanol–water partition coefficient (Wildman–Crippen LogP) is 4.22. The molecule has 1 aromatic carbocycles. The van der Waals surface area contributed by atoms with E-state index in [1.54, 1.807) is 6.33 Å². The molecule has 3 N–H and O–H groups in total. The number of hydrogen-bond donors (Lipinski definition) is 2. The first-order chi connectivity index (χ1) is 16.6. The van der Waals surface area contributed by atoms with Gasteiger partial charge in [-0.25, -0.2) is 9.97 Å². The van der Waals surface area contributed by atoms with Crippen LogP contribution in [-0.4, -0.2) is 53.8 Å². The summed E-state index contributed by atoms with van der Waals surface area (Å²) in [6, 6.07) is 11.1. The van der Waals surface area contributed by atoms with Gasteiger partial charge in [0, 0.05) is 36.8 Å². The summed E-state index contributed by atoms with van der Waals surface area (Å²) in [6.45, 7) is 5.94. The summed E-state index contributed by atoms with van der Waals surface area (Å²) >= 11 is 1.46. The Bertz CT molecular complexity index is 1130. The van der Waals surface area contributed by atoms with Crippen molar-refractivity contribution in [2.75, 3.05) is 24.7 Å². The van der Waals surface area contributed by atoms with Crippen LogP contribution in [0.3, 0.4) is 0 Å². The molecule has 0 saturated carbocycles. The zero-order valence-corrected chi connectivity index (χ0v) is 20.7. The molecule has 2 aliphatic rings. The molecular weight excluding hydrogens is 446 g/mol. The van der Waals surface area contributed by atoms with Gasteiger partial charge in [0.1, 0.15) is 21.9 Å². The Morgan fingerprint density at radius 1 is 1.21 bits per heavy atom. The predicted molar refractivity (Wildman–Crippen MR) is 137 cm³/mol. The number of anilines is 1. The first-order valence-electron chi connectivity index (χ1n) is 12.3. The van der Waals surface area contributed by atoms with E-state index < -0.39 is 0 Å². The summed E-state index contributed by atoms with van der Waals surface area (Å²) in [4.78, 5) is 26.8. The Hall–Kier alpha value is -2.55. The van der Waals surface area contributed by atoms with Crippen molar-refractivity contribution in [3.63, 3.8) is 0 Å². The maximum Gasteiger partial charge on any atom is 0.262 e. The van der Waals surface area contributed by atoms with E-state index in [0.717, 1.165) is 59.5 Å².